The molecule has 2 aromatic carbocycles. The number of hydrogen-bond acceptors (Lipinski definition) is 2. The maximum absolute atomic E-state index is 13.0. The van der Waals surface area contributed by atoms with E-state index in [4.69, 9.17) is 17.0 Å². The molecule has 2 N–H and O–H groups in total. The Balaban J connectivity index is 2.13. The van der Waals surface area contributed by atoms with Gasteiger partial charge in [0.15, 0.2) is 5.96 Å². The van der Waals surface area contributed by atoms with Crippen molar-refractivity contribution < 1.29 is 18.0 Å². The highest BCUT2D eigenvalue weighted by atomic mass is 35.5. The van der Waals surface area contributed by atoms with Crippen molar-refractivity contribution >= 4 is 23.5 Å². The average Bonchev–Trinajstić information content (AvgIpc) is 2.59. The molecule has 0 radical (unpaired) electrons. The molecule has 2 aromatic rings. The number of alkyl halides is 3. The van der Waals surface area contributed by atoms with Gasteiger partial charge < -0.3 is 5.32 Å². The van der Waals surface area contributed by atoms with Gasteiger partial charge in [-0.25, -0.2) is 0 Å². The minimum atomic E-state index is -4.46. The average molecular weight is 396 g/mol. The summed E-state index contributed by atoms with van der Waals surface area (Å²) in [6, 6.07) is 11.4. The summed E-state index contributed by atoms with van der Waals surface area (Å²) >= 11 is 6.09. The smallest absolute Gasteiger partial charge is 0.346 e. The van der Waals surface area contributed by atoms with Crippen molar-refractivity contribution in [3.05, 3.63) is 70.2 Å². The molecule has 1 fully saturated rings. The third kappa shape index (κ3) is 3.39. The number of likely N-dealkylation sites (N-methyl/N-ethyl adjacent to an activating group) is 1. The molecule has 1 heterocycles. The molecule has 0 aromatic heterocycles. The van der Waals surface area contributed by atoms with Crippen LogP contribution in [0.4, 0.5) is 13.2 Å². The first-order valence-electron chi connectivity index (χ1n) is 8.11. The number of guanidine groups is 1. The molecule has 1 amide bonds. The maximum Gasteiger partial charge on any atom is 0.416 e. The van der Waals surface area contributed by atoms with Crippen LogP contribution in [-0.4, -0.2) is 23.8 Å². The van der Waals surface area contributed by atoms with Gasteiger partial charge in [-0.1, -0.05) is 35.9 Å². The fourth-order valence-electron chi connectivity index (χ4n) is 3.34. The van der Waals surface area contributed by atoms with Crippen molar-refractivity contribution in [1.82, 2.24) is 10.2 Å². The molecule has 0 unspecified atom stereocenters. The molecular weight excluding hydrogens is 379 g/mol. The Hall–Kier alpha value is -2.54. The van der Waals surface area contributed by atoms with E-state index >= 15 is 0 Å². The first-order valence-corrected chi connectivity index (χ1v) is 8.49. The standard InChI is InChI=1S/C19H17ClF3N3O/c1-18(13-4-3-5-14(20)10-13)15(16(27)26(2)17(24)25-18)11-6-8-12(9-7-11)19(21,22)23/h3-10,15H,1-2H3,(H2,24,25)/t15-,18-/m1/s1. The number of nitrogens with zero attached hydrogens (tertiary/aromatic N) is 1. The van der Waals surface area contributed by atoms with Gasteiger partial charge in [0.25, 0.3) is 0 Å². The lowest BCUT2D eigenvalue weighted by Crippen LogP contribution is -2.62. The van der Waals surface area contributed by atoms with E-state index in [0.29, 0.717) is 16.1 Å². The van der Waals surface area contributed by atoms with E-state index in [-0.39, 0.29) is 11.9 Å². The van der Waals surface area contributed by atoms with Gasteiger partial charge in [0.1, 0.15) is 0 Å². The van der Waals surface area contributed by atoms with Crippen molar-refractivity contribution in [2.24, 2.45) is 0 Å². The molecule has 0 spiro atoms. The Morgan fingerprint density at radius 1 is 1.19 bits per heavy atom. The molecule has 27 heavy (non-hydrogen) atoms. The summed E-state index contributed by atoms with van der Waals surface area (Å²) in [4.78, 5) is 14.1. The second-order valence-corrected chi connectivity index (χ2v) is 7.07. The van der Waals surface area contributed by atoms with E-state index in [1.54, 1.807) is 31.2 Å². The van der Waals surface area contributed by atoms with E-state index < -0.39 is 23.2 Å². The molecule has 1 aliphatic heterocycles. The Morgan fingerprint density at radius 2 is 1.81 bits per heavy atom. The molecule has 8 heteroatoms. The summed E-state index contributed by atoms with van der Waals surface area (Å²) in [6.07, 6.45) is -4.46. The van der Waals surface area contributed by atoms with Crippen LogP contribution in [0.15, 0.2) is 48.5 Å². The number of benzene rings is 2. The largest absolute Gasteiger partial charge is 0.416 e. The Kier molecular flexibility index (Phi) is 4.67. The van der Waals surface area contributed by atoms with Crippen LogP contribution in [-0.2, 0) is 16.5 Å². The highest BCUT2D eigenvalue weighted by Gasteiger charge is 2.48. The number of carbonyl (C=O) groups excluding carboxylic acids is 1. The van der Waals surface area contributed by atoms with Crippen LogP contribution in [0, 0.1) is 5.41 Å². The van der Waals surface area contributed by atoms with E-state index in [1.807, 2.05) is 0 Å². The highest BCUT2D eigenvalue weighted by Crippen LogP contribution is 2.42. The molecule has 1 aliphatic rings. The van der Waals surface area contributed by atoms with E-state index in [1.165, 1.54) is 19.2 Å². The summed E-state index contributed by atoms with van der Waals surface area (Å²) in [5, 5.41) is 11.5. The van der Waals surface area contributed by atoms with Gasteiger partial charge in [-0.15, -0.1) is 0 Å². The van der Waals surface area contributed by atoms with Crippen molar-refractivity contribution in [2.75, 3.05) is 7.05 Å². The van der Waals surface area contributed by atoms with Gasteiger partial charge in [-0.05, 0) is 42.3 Å². The van der Waals surface area contributed by atoms with Gasteiger partial charge in [0.2, 0.25) is 5.91 Å². The number of amides is 1. The van der Waals surface area contributed by atoms with E-state index in [9.17, 15) is 18.0 Å². The van der Waals surface area contributed by atoms with Crippen molar-refractivity contribution in [2.45, 2.75) is 24.6 Å². The number of hydrogen-bond donors (Lipinski definition) is 2. The van der Waals surface area contributed by atoms with Crippen LogP contribution < -0.4 is 5.32 Å². The topological polar surface area (TPSA) is 56.2 Å². The zero-order valence-corrected chi connectivity index (χ0v) is 15.3. The van der Waals surface area contributed by atoms with Crippen molar-refractivity contribution in [1.29, 1.82) is 5.41 Å². The summed E-state index contributed by atoms with van der Waals surface area (Å²) in [5.74, 6) is -1.32. The molecule has 2 atom stereocenters. The van der Waals surface area contributed by atoms with Crippen molar-refractivity contribution in [3.63, 3.8) is 0 Å². The second-order valence-electron chi connectivity index (χ2n) is 6.64. The quantitative estimate of drug-likeness (QED) is 0.794. The first-order chi connectivity index (χ1) is 12.5. The predicted octanol–water partition coefficient (Wildman–Crippen LogP) is 4.35. The van der Waals surface area contributed by atoms with Crippen LogP contribution in [0.2, 0.25) is 5.02 Å². The van der Waals surface area contributed by atoms with Crippen LogP contribution in [0.5, 0.6) is 0 Å². The Morgan fingerprint density at radius 3 is 2.37 bits per heavy atom. The number of nitrogens with one attached hydrogen (secondary N) is 2. The minimum absolute atomic E-state index is 0.0920. The summed E-state index contributed by atoms with van der Waals surface area (Å²) in [7, 11) is 1.45. The third-order valence-electron chi connectivity index (χ3n) is 4.86. The lowest BCUT2D eigenvalue weighted by Gasteiger charge is -2.46. The molecule has 142 valence electrons. The normalized spacial score (nSPS) is 23.3. The van der Waals surface area contributed by atoms with Gasteiger partial charge in [0.05, 0.1) is 17.0 Å². The predicted molar refractivity (Wildman–Crippen MR) is 96.6 cm³/mol. The van der Waals surface area contributed by atoms with Gasteiger partial charge in [-0.3, -0.25) is 15.1 Å². The molecule has 0 saturated carbocycles. The summed E-state index contributed by atoms with van der Waals surface area (Å²) in [6.45, 7) is 1.74. The highest BCUT2D eigenvalue weighted by molar-refractivity contribution is 6.30. The van der Waals surface area contributed by atoms with Crippen LogP contribution in [0.1, 0.15) is 29.5 Å². The lowest BCUT2D eigenvalue weighted by atomic mass is 9.73. The fourth-order valence-corrected chi connectivity index (χ4v) is 3.53. The molecule has 0 aliphatic carbocycles. The summed E-state index contributed by atoms with van der Waals surface area (Å²) in [5.41, 5.74) is -0.757. The molecule has 4 nitrogen and oxygen atoms in total. The van der Waals surface area contributed by atoms with Gasteiger partial charge in [0, 0.05) is 12.1 Å². The van der Waals surface area contributed by atoms with Gasteiger partial charge in [-0.2, -0.15) is 13.2 Å². The van der Waals surface area contributed by atoms with Crippen LogP contribution >= 0.6 is 11.6 Å². The number of rotatable bonds is 2. The Labute approximate surface area is 159 Å². The zero-order valence-electron chi connectivity index (χ0n) is 14.6. The zero-order chi connectivity index (χ0) is 20.0. The van der Waals surface area contributed by atoms with Crippen LogP contribution in [0.3, 0.4) is 0 Å². The fraction of sp³-hybridized carbons (Fsp3) is 0.263. The van der Waals surface area contributed by atoms with Crippen molar-refractivity contribution in [3.8, 4) is 0 Å². The molecular formula is C19H17ClF3N3O. The molecule has 0 bridgehead atoms. The minimum Gasteiger partial charge on any atom is -0.346 e. The van der Waals surface area contributed by atoms with E-state index in [2.05, 4.69) is 5.32 Å². The SMILES string of the molecule is CN1C(=N)N[C@](C)(c2cccc(Cl)c2)[C@H](c2ccc(C(F)(F)F)cc2)C1=O. The van der Waals surface area contributed by atoms with Gasteiger partial charge >= 0.3 is 6.18 Å². The van der Waals surface area contributed by atoms with E-state index in [0.717, 1.165) is 17.0 Å². The number of carbonyl (C=O) groups is 1. The monoisotopic (exact) mass is 395 g/mol. The molecule has 3 rings (SSSR count). The Bertz CT molecular complexity index is 898. The first kappa shape index (κ1) is 19.2. The third-order valence-corrected chi connectivity index (χ3v) is 5.10. The molecule has 1 saturated heterocycles. The lowest BCUT2D eigenvalue weighted by molar-refractivity contribution is -0.137. The van der Waals surface area contributed by atoms with Crippen LogP contribution in [0.25, 0.3) is 0 Å². The second kappa shape index (κ2) is 6.56. The summed E-state index contributed by atoms with van der Waals surface area (Å²) < 4.78 is 38.6. The maximum atomic E-state index is 13.0. The number of halogens is 4.